The second-order valence-corrected chi connectivity index (χ2v) is 3.98. The summed E-state index contributed by atoms with van der Waals surface area (Å²) in [6, 6.07) is 0. The lowest BCUT2D eigenvalue weighted by atomic mass is 10.1. The molecule has 0 aliphatic carbocycles. The molecule has 0 aromatic carbocycles. The van der Waals surface area contributed by atoms with E-state index in [-0.39, 0.29) is 6.10 Å². The summed E-state index contributed by atoms with van der Waals surface area (Å²) >= 11 is 1.87. The first-order chi connectivity index (χ1) is 4.84. The molecule has 10 heavy (non-hydrogen) atoms. The summed E-state index contributed by atoms with van der Waals surface area (Å²) in [6.07, 6.45) is 5.08. The maximum absolute atomic E-state index is 9.34. The fourth-order valence-corrected chi connectivity index (χ4v) is 2.50. The van der Waals surface area contributed by atoms with Crippen LogP contribution < -0.4 is 0 Å². The van der Waals surface area contributed by atoms with E-state index in [0.717, 1.165) is 6.42 Å². The average molecular weight is 158 g/mol. The molecule has 2 atom stereocenters. The Morgan fingerprint density at radius 2 is 2.40 bits per heavy atom. The van der Waals surface area contributed by atoms with Crippen LogP contribution in [0.25, 0.3) is 0 Å². The first-order valence-electron chi connectivity index (χ1n) is 3.77. The second kappa shape index (κ2) is 4.04. The van der Waals surface area contributed by atoms with Gasteiger partial charge in [-0.1, -0.05) is 12.5 Å². The lowest BCUT2D eigenvalue weighted by Gasteiger charge is -2.23. The Morgan fingerprint density at radius 3 is 2.90 bits per heavy atom. The number of hydrogen-bond acceptors (Lipinski definition) is 2. The van der Waals surface area contributed by atoms with Gasteiger partial charge in [0.15, 0.2) is 0 Å². The molecular weight excluding hydrogens is 144 g/mol. The molecule has 0 aromatic heterocycles. The van der Waals surface area contributed by atoms with E-state index in [1.807, 2.05) is 11.8 Å². The van der Waals surface area contributed by atoms with E-state index in [9.17, 15) is 5.11 Å². The van der Waals surface area contributed by atoms with Gasteiger partial charge in [0, 0.05) is 5.25 Å². The van der Waals surface area contributed by atoms with E-state index in [1.54, 1.807) is 6.08 Å². The fraction of sp³-hybridized carbons (Fsp3) is 0.750. The zero-order valence-electron chi connectivity index (χ0n) is 6.12. The molecule has 2 unspecified atom stereocenters. The first kappa shape index (κ1) is 8.15. The lowest BCUT2D eigenvalue weighted by Crippen LogP contribution is -2.23. The Hall–Kier alpha value is 0.0500. The third kappa shape index (κ3) is 2.03. The third-order valence-corrected chi connectivity index (χ3v) is 3.30. The van der Waals surface area contributed by atoms with Crippen LogP contribution in [0, 0.1) is 0 Å². The maximum Gasteiger partial charge on any atom is 0.0836 e. The van der Waals surface area contributed by atoms with E-state index in [4.69, 9.17) is 0 Å². The van der Waals surface area contributed by atoms with Gasteiger partial charge in [-0.2, -0.15) is 11.8 Å². The number of aliphatic hydroxyl groups is 1. The van der Waals surface area contributed by atoms with Crippen LogP contribution in [0.1, 0.15) is 19.3 Å². The highest BCUT2D eigenvalue weighted by molar-refractivity contribution is 8.00. The van der Waals surface area contributed by atoms with Crippen LogP contribution in [0.5, 0.6) is 0 Å². The zero-order chi connectivity index (χ0) is 7.40. The summed E-state index contributed by atoms with van der Waals surface area (Å²) < 4.78 is 0. The highest BCUT2D eigenvalue weighted by atomic mass is 32.2. The van der Waals surface area contributed by atoms with Crippen molar-refractivity contribution in [3.8, 4) is 0 Å². The van der Waals surface area contributed by atoms with Gasteiger partial charge in [-0.05, 0) is 18.6 Å². The van der Waals surface area contributed by atoms with Gasteiger partial charge >= 0.3 is 0 Å². The predicted molar refractivity (Wildman–Crippen MR) is 46.3 cm³/mol. The van der Waals surface area contributed by atoms with Crippen molar-refractivity contribution in [1.29, 1.82) is 0 Å². The summed E-state index contributed by atoms with van der Waals surface area (Å²) in [6.45, 7) is 3.57. The zero-order valence-corrected chi connectivity index (χ0v) is 6.94. The van der Waals surface area contributed by atoms with E-state index < -0.39 is 0 Å². The van der Waals surface area contributed by atoms with E-state index in [2.05, 4.69) is 6.58 Å². The lowest BCUT2D eigenvalue weighted by molar-refractivity contribution is 0.213. The van der Waals surface area contributed by atoms with Gasteiger partial charge in [-0.3, -0.25) is 0 Å². The molecular formula is C8H14OS. The molecule has 0 spiro atoms. The highest BCUT2D eigenvalue weighted by Crippen LogP contribution is 2.27. The Bertz CT molecular complexity index is 108. The SMILES string of the molecule is C=CC(O)C1CCCCS1. The van der Waals surface area contributed by atoms with Gasteiger partial charge < -0.3 is 5.11 Å². The van der Waals surface area contributed by atoms with Crippen LogP contribution in [-0.2, 0) is 0 Å². The molecule has 0 aromatic rings. The number of thioether (sulfide) groups is 1. The maximum atomic E-state index is 9.34. The standard InChI is InChI=1S/C8H14OS/c1-2-7(9)8-5-3-4-6-10-8/h2,7-9H,1,3-6H2. The van der Waals surface area contributed by atoms with Crippen molar-refractivity contribution in [2.45, 2.75) is 30.6 Å². The minimum atomic E-state index is -0.287. The minimum absolute atomic E-state index is 0.287. The van der Waals surface area contributed by atoms with E-state index in [0.29, 0.717) is 5.25 Å². The number of hydrogen-bond donors (Lipinski definition) is 1. The molecule has 2 heteroatoms. The van der Waals surface area contributed by atoms with Crippen molar-refractivity contribution in [2.24, 2.45) is 0 Å². The Balaban J connectivity index is 2.30. The Kier molecular flexibility index (Phi) is 3.29. The summed E-state index contributed by atoms with van der Waals surface area (Å²) in [5.74, 6) is 1.20. The van der Waals surface area contributed by atoms with Gasteiger partial charge in [-0.25, -0.2) is 0 Å². The molecule has 1 N–H and O–H groups in total. The van der Waals surface area contributed by atoms with E-state index >= 15 is 0 Å². The monoisotopic (exact) mass is 158 g/mol. The van der Waals surface area contributed by atoms with Gasteiger partial charge in [-0.15, -0.1) is 6.58 Å². The fourth-order valence-electron chi connectivity index (χ4n) is 1.19. The van der Waals surface area contributed by atoms with Crippen molar-refractivity contribution in [3.05, 3.63) is 12.7 Å². The van der Waals surface area contributed by atoms with Gasteiger partial charge in [0.25, 0.3) is 0 Å². The van der Waals surface area contributed by atoms with E-state index in [1.165, 1.54) is 18.6 Å². The molecule has 58 valence electrons. The molecule has 1 aliphatic rings. The first-order valence-corrected chi connectivity index (χ1v) is 4.81. The van der Waals surface area contributed by atoms with Crippen LogP contribution in [0.3, 0.4) is 0 Å². The summed E-state index contributed by atoms with van der Waals surface area (Å²) in [5, 5.41) is 9.77. The summed E-state index contributed by atoms with van der Waals surface area (Å²) in [4.78, 5) is 0. The molecule has 0 saturated carbocycles. The molecule has 0 amide bonds. The molecule has 1 aliphatic heterocycles. The number of aliphatic hydroxyl groups excluding tert-OH is 1. The van der Waals surface area contributed by atoms with Crippen molar-refractivity contribution >= 4 is 11.8 Å². The molecule has 1 saturated heterocycles. The molecule has 1 heterocycles. The van der Waals surface area contributed by atoms with Crippen LogP contribution >= 0.6 is 11.8 Å². The van der Waals surface area contributed by atoms with Crippen molar-refractivity contribution in [2.75, 3.05) is 5.75 Å². The highest BCUT2D eigenvalue weighted by Gasteiger charge is 2.19. The summed E-state index contributed by atoms with van der Waals surface area (Å²) in [5.41, 5.74) is 0. The van der Waals surface area contributed by atoms with Crippen molar-refractivity contribution in [1.82, 2.24) is 0 Å². The van der Waals surface area contributed by atoms with Crippen molar-refractivity contribution in [3.63, 3.8) is 0 Å². The smallest absolute Gasteiger partial charge is 0.0836 e. The molecule has 1 fully saturated rings. The Labute approximate surface area is 66.5 Å². The van der Waals surface area contributed by atoms with Crippen LogP contribution in [0.2, 0.25) is 0 Å². The normalized spacial score (nSPS) is 29.5. The topological polar surface area (TPSA) is 20.2 Å². The Morgan fingerprint density at radius 1 is 1.60 bits per heavy atom. The molecule has 0 bridgehead atoms. The minimum Gasteiger partial charge on any atom is -0.388 e. The van der Waals surface area contributed by atoms with Gasteiger partial charge in [0.1, 0.15) is 0 Å². The predicted octanol–water partition coefficient (Wildman–Crippen LogP) is 1.82. The van der Waals surface area contributed by atoms with Crippen LogP contribution in [-0.4, -0.2) is 22.2 Å². The van der Waals surface area contributed by atoms with Crippen molar-refractivity contribution < 1.29 is 5.11 Å². The largest absolute Gasteiger partial charge is 0.388 e. The van der Waals surface area contributed by atoms with Crippen LogP contribution in [0.15, 0.2) is 12.7 Å². The third-order valence-electron chi connectivity index (χ3n) is 1.84. The molecule has 1 rings (SSSR count). The van der Waals surface area contributed by atoms with Crippen LogP contribution in [0.4, 0.5) is 0 Å². The van der Waals surface area contributed by atoms with Gasteiger partial charge in [0.05, 0.1) is 6.10 Å². The summed E-state index contributed by atoms with van der Waals surface area (Å²) in [7, 11) is 0. The number of rotatable bonds is 2. The average Bonchev–Trinajstić information content (AvgIpc) is 2.05. The second-order valence-electron chi connectivity index (χ2n) is 2.63. The molecule has 1 nitrogen and oxygen atoms in total. The quantitative estimate of drug-likeness (QED) is 0.619. The van der Waals surface area contributed by atoms with Gasteiger partial charge in [0.2, 0.25) is 0 Å². The molecule has 0 radical (unpaired) electrons.